The third kappa shape index (κ3) is 4.10. The molecule has 1 amide bonds. The molecular formula is C16H19ClN4O2. The van der Waals surface area contributed by atoms with E-state index in [0.717, 1.165) is 5.69 Å². The Kier molecular flexibility index (Phi) is 5.39. The summed E-state index contributed by atoms with van der Waals surface area (Å²) in [4.78, 5) is 11.9. The smallest absolute Gasteiger partial charge is 0.275 e. The molecule has 2 rings (SSSR count). The topological polar surface area (TPSA) is 79.5 Å². The van der Waals surface area contributed by atoms with E-state index in [1.54, 1.807) is 16.8 Å². The van der Waals surface area contributed by atoms with E-state index in [1.807, 2.05) is 6.92 Å². The lowest BCUT2D eigenvalue weighted by Gasteiger charge is -2.05. The number of nitrogens with zero attached hydrogens (tertiary/aromatic N) is 3. The number of hydrogen-bond acceptors (Lipinski definition) is 4. The summed E-state index contributed by atoms with van der Waals surface area (Å²) in [7, 11) is 0. The third-order valence-electron chi connectivity index (χ3n) is 3.16. The van der Waals surface area contributed by atoms with Gasteiger partial charge in [-0.15, -0.1) is 0 Å². The molecule has 0 unspecified atom stereocenters. The molecule has 0 aliphatic carbocycles. The molecule has 0 saturated carbocycles. The van der Waals surface area contributed by atoms with Crippen molar-refractivity contribution in [2.45, 2.75) is 27.3 Å². The number of carbonyl (C=O) groups excluding carboxylic acids is 1. The Morgan fingerprint density at radius 3 is 2.83 bits per heavy atom. The van der Waals surface area contributed by atoms with Gasteiger partial charge in [-0.1, -0.05) is 37.6 Å². The molecule has 122 valence electrons. The summed E-state index contributed by atoms with van der Waals surface area (Å²) < 4.78 is 1.72. The number of rotatable bonds is 5. The van der Waals surface area contributed by atoms with E-state index in [2.05, 4.69) is 29.5 Å². The summed E-state index contributed by atoms with van der Waals surface area (Å²) in [5, 5.41) is 18.4. The van der Waals surface area contributed by atoms with Crippen LogP contribution in [0, 0.1) is 12.8 Å². The molecule has 0 fully saturated rings. The van der Waals surface area contributed by atoms with Gasteiger partial charge in [-0.25, -0.2) is 5.43 Å². The van der Waals surface area contributed by atoms with Crippen molar-refractivity contribution in [3.05, 3.63) is 46.2 Å². The molecular weight excluding hydrogens is 316 g/mol. The average molecular weight is 335 g/mol. The third-order valence-corrected chi connectivity index (χ3v) is 3.55. The van der Waals surface area contributed by atoms with E-state index < -0.39 is 5.91 Å². The Morgan fingerprint density at radius 2 is 2.17 bits per heavy atom. The van der Waals surface area contributed by atoms with E-state index in [-0.39, 0.29) is 11.3 Å². The summed E-state index contributed by atoms with van der Waals surface area (Å²) in [5.74, 6) is -0.181. The second-order valence-corrected chi connectivity index (χ2v) is 5.94. The van der Waals surface area contributed by atoms with Crippen LogP contribution in [-0.4, -0.2) is 27.0 Å². The maximum Gasteiger partial charge on any atom is 0.275 e. The first-order valence-corrected chi connectivity index (χ1v) is 7.62. The number of phenols is 1. The Hall–Kier alpha value is -2.34. The zero-order chi connectivity index (χ0) is 17.0. The van der Waals surface area contributed by atoms with Crippen LogP contribution in [0.25, 0.3) is 0 Å². The number of aromatic hydroxyl groups is 1. The van der Waals surface area contributed by atoms with Gasteiger partial charge in [0, 0.05) is 6.54 Å². The van der Waals surface area contributed by atoms with E-state index >= 15 is 0 Å². The van der Waals surface area contributed by atoms with Gasteiger partial charge >= 0.3 is 0 Å². The Balaban J connectivity index is 2.11. The van der Waals surface area contributed by atoms with Crippen molar-refractivity contribution in [2.75, 3.05) is 0 Å². The zero-order valence-corrected chi connectivity index (χ0v) is 14.0. The maximum atomic E-state index is 11.9. The quantitative estimate of drug-likeness (QED) is 0.651. The highest BCUT2D eigenvalue weighted by molar-refractivity contribution is 6.32. The van der Waals surface area contributed by atoms with Crippen molar-refractivity contribution in [2.24, 2.45) is 11.0 Å². The number of benzene rings is 1. The number of nitrogens with one attached hydrogen (secondary N) is 1. The first-order chi connectivity index (χ1) is 10.9. The van der Waals surface area contributed by atoms with Crippen LogP contribution in [0.2, 0.25) is 5.15 Å². The van der Waals surface area contributed by atoms with E-state index in [1.165, 1.54) is 18.3 Å². The molecule has 0 atom stereocenters. The highest BCUT2D eigenvalue weighted by Gasteiger charge is 2.13. The molecule has 23 heavy (non-hydrogen) atoms. The van der Waals surface area contributed by atoms with Crippen LogP contribution in [0.5, 0.6) is 5.75 Å². The second-order valence-electron chi connectivity index (χ2n) is 5.58. The van der Waals surface area contributed by atoms with Crippen LogP contribution in [-0.2, 0) is 6.54 Å². The van der Waals surface area contributed by atoms with Gasteiger partial charge in [-0.2, -0.15) is 10.2 Å². The highest BCUT2D eigenvalue weighted by atomic mass is 35.5. The molecule has 1 aromatic carbocycles. The molecule has 0 saturated heterocycles. The van der Waals surface area contributed by atoms with Crippen LogP contribution in [0.15, 0.2) is 29.4 Å². The lowest BCUT2D eigenvalue weighted by molar-refractivity contribution is 0.0952. The fourth-order valence-corrected chi connectivity index (χ4v) is 2.35. The van der Waals surface area contributed by atoms with Crippen molar-refractivity contribution in [3.63, 3.8) is 0 Å². The molecule has 0 aliphatic heterocycles. The van der Waals surface area contributed by atoms with Crippen LogP contribution in [0.1, 0.15) is 35.5 Å². The lowest BCUT2D eigenvalue weighted by atomic mass is 10.2. The number of carbonyl (C=O) groups is 1. The highest BCUT2D eigenvalue weighted by Crippen LogP contribution is 2.19. The monoisotopic (exact) mass is 334 g/mol. The van der Waals surface area contributed by atoms with Crippen molar-refractivity contribution in [3.8, 4) is 5.75 Å². The minimum atomic E-state index is -0.498. The number of aromatic nitrogens is 2. The molecule has 0 radical (unpaired) electrons. The van der Waals surface area contributed by atoms with Crippen LogP contribution >= 0.6 is 11.6 Å². The van der Waals surface area contributed by atoms with Crippen molar-refractivity contribution in [1.29, 1.82) is 0 Å². The van der Waals surface area contributed by atoms with Gasteiger partial charge in [0.25, 0.3) is 5.91 Å². The molecule has 2 aromatic rings. The standard InChI is InChI=1S/C16H19ClN4O2/c1-10(2)9-21-15(17)13(11(3)20-21)8-18-19-16(23)12-6-4-5-7-14(12)22/h4-8,10,22H,9H2,1-3H3,(H,19,23)/b18-8-. The summed E-state index contributed by atoms with van der Waals surface area (Å²) in [6.45, 7) is 6.69. The number of hydrogen-bond donors (Lipinski definition) is 2. The maximum absolute atomic E-state index is 11.9. The average Bonchev–Trinajstić information content (AvgIpc) is 2.74. The molecule has 0 spiro atoms. The van der Waals surface area contributed by atoms with E-state index in [9.17, 15) is 9.90 Å². The van der Waals surface area contributed by atoms with Gasteiger partial charge in [0.2, 0.25) is 0 Å². The number of para-hydroxylation sites is 1. The Labute approximate surface area is 139 Å². The molecule has 1 aromatic heterocycles. The van der Waals surface area contributed by atoms with Gasteiger partial charge in [0.1, 0.15) is 10.9 Å². The normalized spacial score (nSPS) is 11.3. The minimum absolute atomic E-state index is 0.0980. The summed E-state index contributed by atoms with van der Waals surface area (Å²) in [6.07, 6.45) is 1.46. The van der Waals surface area contributed by atoms with Crippen LogP contribution in [0.4, 0.5) is 0 Å². The predicted octanol–water partition coefficient (Wildman–Crippen LogP) is 2.97. The Morgan fingerprint density at radius 1 is 1.48 bits per heavy atom. The van der Waals surface area contributed by atoms with Crippen molar-refractivity contribution < 1.29 is 9.90 Å². The first-order valence-electron chi connectivity index (χ1n) is 7.24. The molecule has 1 heterocycles. The van der Waals surface area contributed by atoms with Gasteiger partial charge in [-0.05, 0) is 25.0 Å². The summed E-state index contributed by atoms with van der Waals surface area (Å²) >= 11 is 6.29. The predicted molar refractivity (Wildman–Crippen MR) is 90.0 cm³/mol. The lowest BCUT2D eigenvalue weighted by Crippen LogP contribution is -2.17. The van der Waals surface area contributed by atoms with E-state index in [4.69, 9.17) is 11.6 Å². The SMILES string of the molecule is Cc1nn(CC(C)C)c(Cl)c1/C=N\NC(=O)c1ccccc1O. The number of halogens is 1. The van der Waals surface area contributed by atoms with Crippen LogP contribution < -0.4 is 5.43 Å². The summed E-state index contributed by atoms with van der Waals surface area (Å²) in [5.41, 5.74) is 3.91. The fraction of sp³-hybridized carbons (Fsp3) is 0.312. The van der Waals surface area contributed by atoms with Crippen LogP contribution in [0.3, 0.4) is 0 Å². The minimum Gasteiger partial charge on any atom is -0.507 e. The number of phenolic OH excluding ortho intramolecular Hbond substituents is 1. The van der Waals surface area contributed by atoms with Gasteiger partial charge in [-0.3, -0.25) is 9.48 Å². The van der Waals surface area contributed by atoms with E-state index in [0.29, 0.717) is 23.2 Å². The molecule has 2 N–H and O–H groups in total. The number of aryl methyl sites for hydroxylation is 1. The fourth-order valence-electron chi connectivity index (χ4n) is 2.06. The molecule has 7 heteroatoms. The summed E-state index contributed by atoms with van der Waals surface area (Å²) in [6, 6.07) is 6.26. The van der Waals surface area contributed by atoms with Crippen molar-refractivity contribution >= 4 is 23.7 Å². The second kappa shape index (κ2) is 7.28. The molecule has 0 bridgehead atoms. The zero-order valence-electron chi connectivity index (χ0n) is 13.2. The molecule has 0 aliphatic rings. The van der Waals surface area contributed by atoms with Gasteiger partial charge < -0.3 is 5.11 Å². The first kappa shape index (κ1) is 17.0. The van der Waals surface area contributed by atoms with Crippen molar-refractivity contribution in [1.82, 2.24) is 15.2 Å². The van der Waals surface area contributed by atoms with Gasteiger partial charge in [0.05, 0.1) is 23.0 Å². The van der Waals surface area contributed by atoms with Gasteiger partial charge in [0.15, 0.2) is 0 Å². The number of amides is 1. The number of hydrazone groups is 1. The Bertz CT molecular complexity index is 738. The largest absolute Gasteiger partial charge is 0.507 e. The molecule has 6 nitrogen and oxygen atoms in total.